The summed E-state index contributed by atoms with van der Waals surface area (Å²) in [5, 5.41) is 9.55. The standard InChI is InChI=1S/C31H31F5O4S/c1-3-17-10-22-19(11-23-24(15-37)30(22)23)12-28(17)40-16-20-9-18(5-6-26(20)32)29-25(31(34,35)36)13-21(14-27(29)33)39-7-4-8-41(2)38/h5-6,9-10,12-14,23-24,30,37H,3-4,7-8,11,15-16H2,1-2H3. The first-order valence-corrected chi connectivity index (χ1v) is 15.3. The molecule has 0 spiro atoms. The lowest BCUT2D eigenvalue weighted by Crippen LogP contribution is -2.11. The van der Waals surface area contributed by atoms with Crippen molar-refractivity contribution >= 4 is 10.8 Å². The van der Waals surface area contributed by atoms with Gasteiger partial charge in [-0.1, -0.05) is 19.1 Å². The Labute approximate surface area is 238 Å². The highest BCUT2D eigenvalue weighted by atomic mass is 32.2. The zero-order valence-electron chi connectivity index (χ0n) is 22.7. The maximum absolute atomic E-state index is 15.2. The second-order valence-corrected chi connectivity index (χ2v) is 12.2. The fraction of sp³-hybridized carbons (Fsp3) is 0.419. The Morgan fingerprint density at radius 1 is 1.02 bits per heavy atom. The number of hydrogen-bond acceptors (Lipinski definition) is 4. The molecular formula is C31H31F5O4S. The van der Waals surface area contributed by atoms with Crippen LogP contribution in [0.3, 0.4) is 0 Å². The number of aliphatic hydroxyl groups is 1. The number of benzene rings is 3. The van der Waals surface area contributed by atoms with Crippen molar-refractivity contribution in [1.82, 2.24) is 0 Å². The number of fused-ring (bicyclic) bond motifs is 3. The molecule has 41 heavy (non-hydrogen) atoms. The molecule has 2 aliphatic rings. The van der Waals surface area contributed by atoms with E-state index in [0.29, 0.717) is 42.1 Å². The first-order valence-electron chi connectivity index (χ1n) is 13.5. The summed E-state index contributed by atoms with van der Waals surface area (Å²) in [4.78, 5) is 0. The second-order valence-electron chi connectivity index (χ2n) is 10.7. The Kier molecular flexibility index (Phi) is 8.43. The van der Waals surface area contributed by atoms with Crippen molar-refractivity contribution < 1.29 is 40.7 Å². The highest BCUT2D eigenvalue weighted by Gasteiger charge is 2.55. The van der Waals surface area contributed by atoms with E-state index in [1.165, 1.54) is 17.9 Å². The third kappa shape index (κ3) is 6.14. The van der Waals surface area contributed by atoms with Crippen LogP contribution >= 0.6 is 0 Å². The molecular weight excluding hydrogens is 563 g/mol. The maximum atomic E-state index is 15.2. The largest absolute Gasteiger partial charge is 0.493 e. The van der Waals surface area contributed by atoms with Gasteiger partial charge in [0.15, 0.2) is 0 Å². The van der Waals surface area contributed by atoms with Gasteiger partial charge in [0.2, 0.25) is 0 Å². The van der Waals surface area contributed by atoms with Crippen molar-refractivity contribution in [2.24, 2.45) is 11.8 Å². The van der Waals surface area contributed by atoms with Gasteiger partial charge in [0, 0.05) is 46.6 Å². The summed E-state index contributed by atoms with van der Waals surface area (Å²) in [5.41, 5.74) is 1.19. The molecule has 4 nitrogen and oxygen atoms in total. The van der Waals surface area contributed by atoms with Gasteiger partial charge in [0.1, 0.15) is 29.7 Å². The van der Waals surface area contributed by atoms with Crippen molar-refractivity contribution in [1.29, 1.82) is 0 Å². The Morgan fingerprint density at radius 2 is 1.80 bits per heavy atom. The maximum Gasteiger partial charge on any atom is 0.417 e. The quantitative estimate of drug-likeness (QED) is 0.196. The highest BCUT2D eigenvalue weighted by molar-refractivity contribution is 7.84. The van der Waals surface area contributed by atoms with Crippen molar-refractivity contribution in [3.05, 3.63) is 81.9 Å². The van der Waals surface area contributed by atoms with E-state index in [-0.39, 0.29) is 36.7 Å². The lowest BCUT2D eigenvalue weighted by atomic mass is 9.96. The molecule has 0 heterocycles. The van der Waals surface area contributed by atoms with Crippen LogP contribution in [-0.4, -0.2) is 34.5 Å². The molecule has 0 aliphatic heterocycles. The molecule has 4 atom stereocenters. The molecule has 0 bridgehead atoms. The predicted octanol–water partition coefficient (Wildman–Crippen LogP) is 6.82. The van der Waals surface area contributed by atoms with Crippen LogP contribution in [0.25, 0.3) is 11.1 Å². The number of halogens is 5. The van der Waals surface area contributed by atoms with E-state index in [1.54, 1.807) is 0 Å². The molecule has 4 unspecified atom stereocenters. The molecule has 0 aromatic heterocycles. The Morgan fingerprint density at radius 3 is 2.49 bits per heavy atom. The van der Waals surface area contributed by atoms with Crippen molar-refractivity contribution in [2.45, 2.75) is 44.9 Å². The van der Waals surface area contributed by atoms with Gasteiger partial charge in [-0.05, 0) is 83.5 Å². The number of aliphatic hydroxyl groups excluding tert-OH is 1. The van der Waals surface area contributed by atoms with E-state index >= 15 is 4.39 Å². The monoisotopic (exact) mass is 594 g/mol. The molecule has 0 radical (unpaired) electrons. The first-order chi connectivity index (χ1) is 19.5. The van der Waals surface area contributed by atoms with Gasteiger partial charge in [-0.2, -0.15) is 13.2 Å². The molecule has 2 aliphatic carbocycles. The van der Waals surface area contributed by atoms with Gasteiger partial charge in [-0.15, -0.1) is 0 Å². The van der Waals surface area contributed by atoms with Gasteiger partial charge in [-0.25, -0.2) is 8.78 Å². The zero-order chi connectivity index (χ0) is 29.5. The lowest BCUT2D eigenvalue weighted by Gasteiger charge is -2.18. The van der Waals surface area contributed by atoms with E-state index in [1.807, 2.05) is 13.0 Å². The van der Waals surface area contributed by atoms with E-state index in [0.717, 1.165) is 41.8 Å². The van der Waals surface area contributed by atoms with Gasteiger partial charge < -0.3 is 14.6 Å². The second kappa shape index (κ2) is 11.7. The van der Waals surface area contributed by atoms with Gasteiger partial charge >= 0.3 is 6.18 Å². The molecule has 3 aromatic rings. The van der Waals surface area contributed by atoms with Crippen molar-refractivity contribution in [3.8, 4) is 22.6 Å². The van der Waals surface area contributed by atoms with E-state index < -0.39 is 39.7 Å². The Hall–Kier alpha value is -2.98. The molecule has 1 saturated carbocycles. The first kappa shape index (κ1) is 29.5. The smallest absolute Gasteiger partial charge is 0.417 e. The third-order valence-corrected chi connectivity index (χ3v) is 8.86. The number of aryl methyl sites for hydroxylation is 1. The summed E-state index contributed by atoms with van der Waals surface area (Å²) in [7, 11) is -1.08. The average Bonchev–Trinajstić information content (AvgIpc) is 3.49. The number of alkyl halides is 3. The van der Waals surface area contributed by atoms with Crippen LogP contribution < -0.4 is 9.47 Å². The lowest BCUT2D eigenvalue weighted by molar-refractivity contribution is -0.137. The van der Waals surface area contributed by atoms with E-state index in [9.17, 15) is 26.9 Å². The van der Waals surface area contributed by atoms with Crippen LogP contribution in [0, 0.1) is 23.5 Å². The Balaban J connectivity index is 1.39. The summed E-state index contributed by atoms with van der Waals surface area (Å²) in [5.74, 6) is -0.150. The van der Waals surface area contributed by atoms with Crippen LogP contribution in [0.4, 0.5) is 22.0 Å². The minimum Gasteiger partial charge on any atom is -0.493 e. The minimum absolute atomic E-state index is 0.00587. The molecule has 0 amide bonds. The fourth-order valence-electron chi connectivity index (χ4n) is 5.90. The molecule has 1 fully saturated rings. The molecule has 0 saturated heterocycles. The zero-order valence-corrected chi connectivity index (χ0v) is 23.5. The summed E-state index contributed by atoms with van der Waals surface area (Å²) in [6, 6.07) is 8.92. The van der Waals surface area contributed by atoms with Crippen LogP contribution in [0.1, 0.15) is 47.1 Å². The fourth-order valence-corrected chi connectivity index (χ4v) is 6.43. The normalized spacial score (nSPS) is 20.0. The average molecular weight is 595 g/mol. The molecule has 220 valence electrons. The third-order valence-electron chi connectivity index (χ3n) is 7.99. The van der Waals surface area contributed by atoms with Crippen molar-refractivity contribution in [2.75, 3.05) is 25.2 Å². The van der Waals surface area contributed by atoms with Gasteiger partial charge in [0.25, 0.3) is 0 Å². The summed E-state index contributed by atoms with van der Waals surface area (Å²) >= 11 is 0. The van der Waals surface area contributed by atoms with Crippen LogP contribution in [-0.2, 0) is 36.4 Å². The molecule has 3 aromatic carbocycles. The van der Waals surface area contributed by atoms with Crippen LogP contribution in [0.5, 0.6) is 11.5 Å². The molecule has 5 rings (SSSR count). The summed E-state index contributed by atoms with van der Waals surface area (Å²) in [6.07, 6.45) is -1.56. The number of rotatable bonds is 11. The minimum atomic E-state index is -4.90. The molecule has 1 N–H and O–H groups in total. The van der Waals surface area contributed by atoms with Crippen molar-refractivity contribution in [3.63, 3.8) is 0 Å². The highest BCUT2D eigenvalue weighted by Crippen LogP contribution is 2.61. The van der Waals surface area contributed by atoms with E-state index in [2.05, 4.69) is 6.07 Å². The van der Waals surface area contributed by atoms with E-state index in [4.69, 9.17) is 9.47 Å². The summed E-state index contributed by atoms with van der Waals surface area (Å²) in [6.45, 7) is 1.87. The molecule has 10 heteroatoms. The topological polar surface area (TPSA) is 55.8 Å². The van der Waals surface area contributed by atoms with Crippen LogP contribution in [0.15, 0.2) is 42.5 Å². The van der Waals surface area contributed by atoms with Gasteiger partial charge in [0.05, 0.1) is 12.2 Å². The van der Waals surface area contributed by atoms with Gasteiger partial charge in [-0.3, -0.25) is 4.21 Å². The summed E-state index contributed by atoms with van der Waals surface area (Å²) < 4.78 is 94.6. The Bertz CT molecular complexity index is 1470. The number of hydrogen-bond donors (Lipinski definition) is 1. The SMILES string of the molecule is CCc1cc2c(cc1OCc1cc(-c3c(F)cc(OCCCS(C)=O)cc3C(F)(F)F)ccc1F)CC1C(CO)C21. The predicted molar refractivity (Wildman–Crippen MR) is 147 cm³/mol. The number of ether oxygens (including phenoxy) is 2. The van der Waals surface area contributed by atoms with Crippen LogP contribution in [0.2, 0.25) is 0 Å².